The van der Waals surface area contributed by atoms with Gasteiger partial charge in [0.25, 0.3) is 11.8 Å². The molecular weight excluding hydrogens is 368 g/mol. The van der Waals surface area contributed by atoms with E-state index in [1.807, 2.05) is 31.2 Å². The normalized spacial score (nSPS) is 10.2. The number of anilines is 2. The summed E-state index contributed by atoms with van der Waals surface area (Å²) in [6, 6.07) is 19.3. The quantitative estimate of drug-likeness (QED) is 0.649. The van der Waals surface area contributed by atoms with Gasteiger partial charge in [-0.1, -0.05) is 24.3 Å². The minimum absolute atomic E-state index is 0.306. The van der Waals surface area contributed by atoms with Crippen molar-refractivity contribution in [2.45, 2.75) is 6.92 Å². The standard InChI is InChI=1S/C23H22N2O4/c1-15-7-6-8-16(13-15)24-22(26)18-9-4-5-10-20(18)25-23(27)19-14-17(28-2)11-12-21(19)29-3/h4-14H,1-3H3,(H,24,26)(H,25,27). The summed E-state index contributed by atoms with van der Waals surface area (Å²) in [5.41, 5.74) is 2.78. The summed E-state index contributed by atoms with van der Waals surface area (Å²) in [5.74, 6) is 0.215. The summed E-state index contributed by atoms with van der Waals surface area (Å²) in [4.78, 5) is 25.6. The maximum Gasteiger partial charge on any atom is 0.259 e. The molecule has 0 fully saturated rings. The van der Waals surface area contributed by atoms with E-state index in [-0.39, 0.29) is 5.91 Å². The Bertz CT molecular complexity index is 1050. The average Bonchev–Trinajstić information content (AvgIpc) is 2.73. The van der Waals surface area contributed by atoms with Crippen LogP contribution in [0.4, 0.5) is 11.4 Å². The maximum absolute atomic E-state index is 12.9. The molecule has 0 radical (unpaired) electrons. The molecule has 0 unspecified atom stereocenters. The van der Waals surface area contributed by atoms with Gasteiger partial charge in [0, 0.05) is 5.69 Å². The molecule has 0 aliphatic rings. The van der Waals surface area contributed by atoms with Gasteiger partial charge in [-0.3, -0.25) is 9.59 Å². The van der Waals surface area contributed by atoms with E-state index in [1.165, 1.54) is 14.2 Å². The van der Waals surface area contributed by atoms with Gasteiger partial charge in [0.2, 0.25) is 0 Å². The molecule has 0 spiro atoms. The molecule has 148 valence electrons. The Balaban J connectivity index is 1.86. The Morgan fingerprint density at radius 3 is 2.24 bits per heavy atom. The molecule has 3 aromatic rings. The van der Waals surface area contributed by atoms with Crippen LogP contribution in [0.25, 0.3) is 0 Å². The molecule has 0 aromatic heterocycles. The lowest BCUT2D eigenvalue weighted by Crippen LogP contribution is -2.18. The molecule has 6 nitrogen and oxygen atoms in total. The third-order valence-electron chi connectivity index (χ3n) is 4.35. The first kappa shape index (κ1) is 19.9. The second kappa shape index (κ2) is 8.93. The van der Waals surface area contributed by atoms with Crippen LogP contribution in [-0.4, -0.2) is 26.0 Å². The highest BCUT2D eigenvalue weighted by Crippen LogP contribution is 2.26. The molecule has 3 rings (SSSR count). The van der Waals surface area contributed by atoms with Crippen LogP contribution >= 0.6 is 0 Å². The minimum Gasteiger partial charge on any atom is -0.497 e. The van der Waals surface area contributed by atoms with Crippen molar-refractivity contribution >= 4 is 23.2 Å². The third-order valence-corrected chi connectivity index (χ3v) is 4.35. The predicted molar refractivity (Wildman–Crippen MR) is 113 cm³/mol. The highest BCUT2D eigenvalue weighted by Gasteiger charge is 2.17. The second-order valence-corrected chi connectivity index (χ2v) is 6.39. The Hall–Kier alpha value is -3.80. The Morgan fingerprint density at radius 2 is 1.52 bits per heavy atom. The highest BCUT2D eigenvalue weighted by molar-refractivity contribution is 6.13. The van der Waals surface area contributed by atoms with Crippen molar-refractivity contribution in [1.82, 2.24) is 0 Å². The smallest absolute Gasteiger partial charge is 0.259 e. The molecule has 0 saturated carbocycles. The zero-order valence-corrected chi connectivity index (χ0v) is 16.5. The van der Waals surface area contributed by atoms with Crippen LogP contribution in [0.3, 0.4) is 0 Å². The number of ether oxygens (including phenoxy) is 2. The number of nitrogens with one attached hydrogen (secondary N) is 2. The van der Waals surface area contributed by atoms with Crippen LogP contribution in [0.1, 0.15) is 26.3 Å². The van der Waals surface area contributed by atoms with Crippen LogP contribution in [0.5, 0.6) is 11.5 Å². The molecule has 2 amide bonds. The summed E-state index contributed by atoms with van der Waals surface area (Å²) in [6.07, 6.45) is 0. The largest absolute Gasteiger partial charge is 0.497 e. The van der Waals surface area contributed by atoms with E-state index in [0.717, 1.165) is 5.56 Å². The van der Waals surface area contributed by atoms with E-state index >= 15 is 0 Å². The van der Waals surface area contributed by atoms with E-state index in [2.05, 4.69) is 10.6 Å². The van der Waals surface area contributed by atoms with Gasteiger partial charge in [0.05, 0.1) is 31.0 Å². The summed E-state index contributed by atoms with van der Waals surface area (Å²) in [7, 11) is 3.01. The monoisotopic (exact) mass is 390 g/mol. The number of rotatable bonds is 6. The molecule has 6 heteroatoms. The number of hydrogen-bond acceptors (Lipinski definition) is 4. The van der Waals surface area contributed by atoms with Crippen LogP contribution in [0, 0.1) is 6.92 Å². The van der Waals surface area contributed by atoms with E-state index in [9.17, 15) is 9.59 Å². The Labute approximate surface area is 169 Å². The second-order valence-electron chi connectivity index (χ2n) is 6.39. The number of hydrogen-bond donors (Lipinski definition) is 2. The SMILES string of the molecule is COc1ccc(OC)c(C(=O)Nc2ccccc2C(=O)Nc2cccc(C)c2)c1. The first-order chi connectivity index (χ1) is 14.0. The number of methoxy groups -OCH3 is 2. The maximum atomic E-state index is 12.9. The zero-order valence-electron chi connectivity index (χ0n) is 16.5. The lowest BCUT2D eigenvalue weighted by Gasteiger charge is -2.14. The first-order valence-electron chi connectivity index (χ1n) is 9.02. The molecule has 0 atom stereocenters. The van der Waals surface area contributed by atoms with Crippen molar-refractivity contribution in [3.05, 3.63) is 83.4 Å². The number of benzene rings is 3. The molecule has 0 heterocycles. The van der Waals surface area contributed by atoms with Crippen LogP contribution in [-0.2, 0) is 0 Å². The Kier molecular flexibility index (Phi) is 6.14. The van der Waals surface area contributed by atoms with Gasteiger partial charge >= 0.3 is 0 Å². The number of aryl methyl sites for hydroxylation is 1. The van der Waals surface area contributed by atoms with Gasteiger partial charge in [0.15, 0.2) is 0 Å². The van der Waals surface area contributed by atoms with Crippen molar-refractivity contribution in [3.63, 3.8) is 0 Å². The van der Waals surface area contributed by atoms with Crippen LogP contribution in [0.2, 0.25) is 0 Å². The molecular formula is C23H22N2O4. The van der Waals surface area contributed by atoms with Crippen LogP contribution < -0.4 is 20.1 Å². The molecule has 3 aromatic carbocycles. The molecule has 0 bridgehead atoms. The fourth-order valence-corrected chi connectivity index (χ4v) is 2.89. The van der Waals surface area contributed by atoms with E-state index in [4.69, 9.17) is 9.47 Å². The van der Waals surface area contributed by atoms with E-state index < -0.39 is 5.91 Å². The third kappa shape index (κ3) is 4.73. The fourth-order valence-electron chi connectivity index (χ4n) is 2.89. The number of para-hydroxylation sites is 1. The molecule has 29 heavy (non-hydrogen) atoms. The van der Waals surface area contributed by atoms with Gasteiger partial charge in [-0.25, -0.2) is 0 Å². The van der Waals surface area contributed by atoms with Crippen molar-refractivity contribution in [2.24, 2.45) is 0 Å². The van der Waals surface area contributed by atoms with Gasteiger partial charge < -0.3 is 20.1 Å². The fraction of sp³-hybridized carbons (Fsp3) is 0.130. The van der Waals surface area contributed by atoms with Gasteiger partial charge in [-0.05, 0) is 55.0 Å². The number of amides is 2. The molecule has 0 aliphatic heterocycles. The van der Waals surface area contributed by atoms with Gasteiger partial charge in [-0.2, -0.15) is 0 Å². The number of carbonyl (C=O) groups excluding carboxylic acids is 2. The average molecular weight is 390 g/mol. The lowest BCUT2D eigenvalue weighted by molar-refractivity contribution is 0.102. The minimum atomic E-state index is -0.406. The van der Waals surface area contributed by atoms with Crippen molar-refractivity contribution < 1.29 is 19.1 Å². The van der Waals surface area contributed by atoms with E-state index in [0.29, 0.717) is 34.0 Å². The van der Waals surface area contributed by atoms with E-state index in [1.54, 1.807) is 42.5 Å². The van der Waals surface area contributed by atoms with Crippen molar-refractivity contribution in [1.29, 1.82) is 0 Å². The van der Waals surface area contributed by atoms with Gasteiger partial charge in [-0.15, -0.1) is 0 Å². The summed E-state index contributed by atoms with van der Waals surface area (Å²) >= 11 is 0. The lowest BCUT2D eigenvalue weighted by atomic mass is 10.1. The molecule has 0 saturated heterocycles. The highest BCUT2D eigenvalue weighted by atomic mass is 16.5. The van der Waals surface area contributed by atoms with Crippen LogP contribution in [0.15, 0.2) is 66.7 Å². The molecule has 2 N–H and O–H groups in total. The predicted octanol–water partition coefficient (Wildman–Crippen LogP) is 4.52. The molecule has 0 aliphatic carbocycles. The van der Waals surface area contributed by atoms with Crippen molar-refractivity contribution in [2.75, 3.05) is 24.9 Å². The van der Waals surface area contributed by atoms with Gasteiger partial charge in [0.1, 0.15) is 11.5 Å². The Morgan fingerprint density at radius 1 is 0.759 bits per heavy atom. The first-order valence-corrected chi connectivity index (χ1v) is 9.02. The summed E-state index contributed by atoms with van der Waals surface area (Å²) < 4.78 is 10.5. The zero-order chi connectivity index (χ0) is 20.8. The summed E-state index contributed by atoms with van der Waals surface area (Å²) in [6.45, 7) is 1.95. The summed E-state index contributed by atoms with van der Waals surface area (Å²) in [5, 5.41) is 5.65. The number of carbonyl (C=O) groups is 2. The topological polar surface area (TPSA) is 76.7 Å². The van der Waals surface area contributed by atoms with Crippen molar-refractivity contribution in [3.8, 4) is 11.5 Å².